The van der Waals surface area contributed by atoms with Gasteiger partial charge >= 0.3 is 6.03 Å². The minimum Gasteiger partial charge on any atom is -0.368 e. The summed E-state index contributed by atoms with van der Waals surface area (Å²) in [5.74, 6) is 1.29. The number of para-hydroxylation sites is 1. The van der Waals surface area contributed by atoms with E-state index in [1.807, 2.05) is 22.7 Å². The van der Waals surface area contributed by atoms with Crippen LogP contribution in [-0.2, 0) is 4.79 Å². The minimum absolute atomic E-state index is 0.0277. The zero-order valence-corrected chi connectivity index (χ0v) is 16.4. The number of urea groups is 1. The van der Waals surface area contributed by atoms with Crippen LogP contribution in [0, 0.1) is 0 Å². The quantitative estimate of drug-likeness (QED) is 0.578. The van der Waals surface area contributed by atoms with Crippen molar-refractivity contribution >= 4 is 29.4 Å². The smallest absolute Gasteiger partial charge is 0.315 e. The predicted octanol–water partition coefficient (Wildman–Crippen LogP) is 2.06. The van der Waals surface area contributed by atoms with Crippen molar-refractivity contribution in [1.82, 2.24) is 15.5 Å². The van der Waals surface area contributed by atoms with Gasteiger partial charge in [0.15, 0.2) is 0 Å². The zero-order chi connectivity index (χ0) is 18.6. The maximum absolute atomic E-state index is 12.5. The number of nitrogens with one attached hydrogen (secondary N) is 2. The number of benzene rings is 1. The van der Waals surface area contributed by atoms with E-state index in [-0.39, 0.29) is 24.0 Å². The number of thioether (sulfide) groups is 1. The molecule has 1 aromatic carbocycles. The van der Waals surface area contributed by atoms with Crippen molar-refractivity contribution < 1.29 is 9.59 Å². The first-order valence-corrected chi connectivity index (χ1v) is 11.0. The van der Waals surface area contributed by atoms with Crippen LogP contribution in [0.4, 0.5) is 10.5 Å². The number of amides is 3. The lowest BCUT2D eigenvalue weighted by Crippen LogP contribution is -2.48. The molecule has 3 saturated heterocycles. The molecule has 0 aromatic heterocycles. The molecule has 0 radical (unpaired) electrons. The van der Waals surface area contributed by atoms with Gasteiger partial charge < -0.3 is 20.4 Å². The topological polar surface area (TPSA) is 64.7 Å². The number of hydrogen-bond donors (Lipinski definition) is 2. The molecule has 2 N–H and O–H groups in total. The zero-order valence-electron chi connectivity index (χ0n) is 15.6. The molecule has 3 aliphatic heterocycles. The molecular formula is C20H28N4O2S. The highest BCUT2D eigenvalue weighted by molar-refractivity contribution is 8.00. The molecule has 146 valence electrons. The summed E-state index contributed by atoms with van der Waals surface area (Å²) in [4.78, 5) is 28.3. The molecule has 27 heavy (non-hydrogen) atoms. The summed E-state index contributed by atoms with van der Waals surface area (Å²) in [6.07, 6.45) is 3.70. The Labute approximate surface area is 165 Å². The number of anilines is 1. The average molecular weight is 389 g/mol. The molecule has 3 amide bonds. The van der Waals surface area contributed by atoms with Gasteiger partial charge in [0, 0.05) is 49.3 Å². The van der Waals surface area contributed by atoms with E-state index in [9.17, 15) is 9.59 Å². The lowest BCUT2D eigenvalue weighted by atomic mass is 10.0. The van der Waals surface area contributed by atoms with E-state index < -0.39 is 0 Å². The van der Waals surface area contributed by atoms with E-state index in [1.165, 1.54) is 5.69 Å². The molecule has 0 aliphatic carbocycles. The second-order valence-electron chi connectivity index (χ2n) is 7.57. The van der Waals surface area contributed by atoms with E-state index in [1.54, 1.807) is 0 Å². The van der Waals surface area contributed by atoms with Gasteiger partial charge in [0.1, 0.15) is 0 Å². The summed E-state index contributed by atoms with van der Waals surface area (Å²) in [6.45, 7) is 3.44. The maximum atomic E-state index is 12.5. The summed E-state index contributed by atoms with van der Waals surface area (Å²) in [5.41, 5.74) is 1.24. The predicted molar refractivity (Wildman–Crippen MR) is 109 cm³/mol. The van der Waals surface area contributed by atoms with Crippen LogP contribution < -0.4 is 15.5 Å². The first-order valence-electron chi connectivity index (χ1n) is 9.97. The second-order valence-corrected chi connectivity index (χ2v) is 8.84. The standard InChI is InChI=1S/C20H28N4O2S/c25-18(24-12-10-23(11-13-24)15-6-2-1-3-7-15)9-5-4-8-17-19-16(14-27-17)21-20(26)22-19/h1-3,6-7,16-17,19H,4-5,8-14H2,(H2,21,22,26). The van der Waals surface area contributed by atoms with Gasteiger partial charge in [0.05, 0.1) is 12.1 Å². The number of rotatable bonds is 6. The lowest BCUT2D eigenvalue weighted by molar-refractivity contribution is -0.131. The van der Waals surface area contributed by atoms with Gasteiger partial charge in [-0.1, -0.05) is 24.6 Å². The van der Waals surface area contributed by atoms with Crippen LogP contribution in [0.5, 0.6) is 0 Å². The van der Waals surface area contributed by atoms with Crippen molar-refractivity contribution in [2.24, 2.45) is 0 Å². The number of carbonyl (C=O) groups is 2. The Morgan fingerprint density at radius 1 is 1.07 bits per heavy atom. The summed E-state index contributed by atoms with van der Waals surface area (Å²) in [7, 11) is 0. The molecule has 0 bridgehead atoms. The number of piperazine rings is 1. The molecule has 4 rings (SSSR count). The second kappa shape index (κ2) is 8.42. The molecule has 0 saturated carbocycles. The molecule has 0 spiro atoms. The lowest BCUT2D eigenvalue weighted by Gasteiger charge is -2.36. The van der Waals surface area contributed by atoms with Crippen molar-refractivity contribution in [3.8, 4) is 0 Å². The highest BCUT2D eigenvalue weighted by Gasteiger charge is 2.42. The molecule has 6 nitrogen and oxygen atoms in total. The monoisotopic (exact) mass is 388 g/mol. The summed E-state index contributed by atoms with van der Waals surface area (Å²) >= 11 is 1.94. The summed E-state index contributed by atoms with van der Waals surface area (Å²) < 4.78 is 0. The van der Waals surface area contributed by atoms with Crippen LogP contribution in [0.3, 0.4) is 0 Å². The number of unbranched alkanes of at least 4 members (excludes halogenated alkanes) is 1. The van der Waals surface area contributed by atoms with Crippen LogP contribution >= 0.6 is 11.8 Å². The molecular weight excluding hydrogens is 360 g/mol. The van der Waals surface area contributed by atoms with E-state index in [0.717, 1.165) is 51.2 Å². The first kappa shape index (κ1) is 18.5. The third kappa shape index (κ3) is 4.34. The van der Waals surface area contributed by atoms with Crippen LogP contribution in [-0.4, -0.2) is 66.1 Å². The molecule has 3 atom stereocenters. The van der Waals surface area contributed by atoms with Gasteiger partial charge in [0.2, 0.25) is 5.91 Å². The van der Waals surface area contributed by atoms with Crippen molar-refractivity contribution in [3.05, 3.63) is 30.3 Å². The van der Waals surface area contributed by atoms with Crippen LogP contribution in [0.15, 0.2) is 30.3 Å². The van der Waals surface area contributed by atoms with Crippen molar-refractivity contribution in [3.63, 3.8) is 0 Å². The van der Waals surface area contributed by atoms with Gasteiger partial charge in [-0.3, -0.25) is 4.79 Å². The molecule has 3 heterocycles. The fourth-order valence-electron chi connectivity index (χ4n) is 4.28. The van der Waals surface area contributed by atoms with Crippen molar-refractivity contribution in [2.45, 2.75) is 43.0 Å². The Bertz CT molecular complexity index is 663. The Morgan fingerprint density at radius 3 is 2.63 bits per heavy atom. The number of nitrogens with zero attached hydrogens (tertiary/aromatic N) is 2. The van der Waals surface area contributed by atoms with Gasteiger partial charge in [-0.15, -0.1) is 0 Å². The van der Waals surface area contributed by atoms with Gasteiger partial charge in [-0.2, -0.15) is 11.8 Å². The minimum atomic E-state index is -0.0277. The molecule has 7 heteroatoms. The average Bonchev–Trinajstić information content (AvgIpc) is 3.25. The van der Waals surface area contributed by atoms with Crippen molar-refractivity contribution in [2.75, 3.05) is 36.8 Å². The van der Waals surface area contributed by atoms with E-state index >= 15 is 0 Å². The van der Waals surface area contributed by atoms with Crippen LogP contribution in [0.2, 0.25) is 0 Å². The van der Waals surface area contributed by atoms with Crippen molar-refractivity contribution in [1.29, 1.82) is 0 Å². The van der Waals surface area contributed by atoms with Crippen LogP contribution in [0.25, 0.3) is 0 Å². The third-order valence-electron chi connectivity index (χ3n) is 5.82. The molecule has 3 unspecified atom stereocenters. The Morgan fingerprint density at radius 2 is 1.85 bits per heavy atom. The third-order valence-corrected chi connectivity index (χ3v) is 7.33. The Balaban J connectivity index is 1.14. The van der Waals surface area contributed by atoms with Crippen LogP contribution in [0.1, 0.15) is 25.7 Å². The maximum Gasteiger partial charge on any atom is 0.315 e. The van der Waals surface area contributed by atoms with Gasteiger partial charge in [0.25, 0.3) is 0 Å². The number of fused-ring (bicyclic) bond motifs is 1. The van der Waals surface area contributed by atoms with E-state index in [2.05, 4.69) is 39.8 Å². The molecule has 1 aromatic rings. The molecule has 3 fully saturated rings. The number of hydrogen-bond acceptors (Lipinski definition) is 4. The van der Waals surface area contributed by atoms with E-state index in [0.29, 0.717) is 11.7 Å². The van der Waals surface area contributed by atoms with E-state index in [4.69, 9.17) is 0 Å². The Hall–Kier alpha value is -1.89. The summed E-state index contributed by atoms with van der Waals surface area (Å²) in [6, 6.07) is 10.9. The summed E-state index contributed by atoms with van der Waals surface area (Å²) in [5, 5.41) is 6.50. The largest absolute Gasteiger partial charge is 0.368 e. The first-order chi connectivity index (χ1) is 13.2. The normalized spacial score (nSPS) is 27.3. The fraction of sp³-hybridized carbons (Fsp3) is 0.600. The van der Waals surface area contributed by atoms with Gasteiger partial charge in [-0.25, -0.2) is 4.79 Å². The highest BCUT2D eigenvalue weighted by atomic mass is 32.2. The SMILES string of the molecule is O=C1NC2CSC(CCCCC(=O)N3CCN(c4ccccc4)CC3)C2N1. The number of carbonyl (C=O) groups excluding carboxylic acids is 2. The van der Waals surface area contributed by atoms with Gasteiger partial charge in [-0.05, 0) is 25.0 Å². The highest BCUT2D eigenvalue weighted by Crippen LogP contribution is 2.33. The fourth-order valence-corrected chi connectivity index (χ4v) is 5.82. The Kier molecular flexibility index (Phi) is 5.76. The molecule has 3 aliphatic rings.